The monoisotopic (exact) mass is 506 g/mol. The van der Waals surface area contributed by atoms with Crippen LogP contribution in [0.1, 0.15) is 109 Å². The highest BCUT2D eigenvalue weighted by molar-refractivity contribution is 5.66. The molecule has 0 aromatic carbocycles. The van der Waals surface area contributed by atoms with Crippen molar-refractivity contribution in [2.45, 2.75) is 115 Å². The minimum atomic E-state index is 0.172. The molecular weight excluding hydrogens is 448 g/mol. The lowest BCUT2D eigenvalue weighted by molar-refractivity contribution is 0.228. The Morgan fingerprint density at radius 2 is 1.30 bits per heavy atom. The van der Waals surface area contributed by atoms with E-state index in [1.165, 1.54) is 43.5 Å². The Balaban J connectivity index is 1.68. The molecule has 2 nitrogen and oxygen atoms in total. The smallest absolute Gasteiger partial charge is 0.0541 e. The Morgan fingerprint density at radius 3 is 1.84 bits per heavy atom. The molecular formula is C35H58N2. The third-order valence-corrected chi connectivity index (χ3v) is 8.65. The molecule has 3 atom stereocenters. The summed E-state index contributed by atoms with van der Waals surface area (Å²) < 4.78 is 0. The van der Waals surface area contributed by atoms with E-state index in [0.717, 1.165) is 13.0 Å². The molecule has 0 N–H and O–H groups in total. The van der Waals surface area contributed by atoms with Crippen molar-refractivity contribution in [3.05, 3.63) is 46.6 Å². The van der Waals surface area contributed by atoms with Gasteiger partial charge in [-0.2, -0.15) is 0 Å². The summed E-state index contributed by atoms with van der Waals surface area (Å²) in [5, 5.41) is 0. The van der Waals surface area contributed by atoms with E-state index < -0.39 is 0 Å². The molecule has 0 aromatic heterocycles. The summed E-state index contributed by atoms with van der Waals surface area (Å²) in [5.74, 6) is 1.02. The number of hydrogen-bond donors (Lipinski definition) is 0. The molecule has 0 amide bonds. The number of aliphatic imine (C=N–C) groups is 1. The molecule has 37 heavy (non-hydrogen) atoms. The van der Waals surface area contributed by atoms with Gasteiger partial charge in [0.15, 0.2) is 0 Å². The summed E-state index contributed by atoms with van der Waals surface area (Å²) in [6.07, 6.45) is 17.2. The molecule has 1 aliphatic heterocycles. The third kappa shape index (κ3) is 8.29. The standard InChI is InChI=1S/C35H58N2/c1-32(2,3)27-16-25(17-28(20-27)33(4,5)6)22-36-23-31-14-13-15-37(31)24-26-18-29(34(7,8)9)21-30(19-26)35(10,11)12/h16,18,20-22,25-26,31H,13-15,17,19,23-24H2,1-12H3. The first kappa shape index (κ1) is 30.1. The zero-order valence-electron chi connectivity index (χ0n) is 26.5. The molecule has 3 aliphatic rings. The number of likely N-dealkylation sites (tertiary alicyclic amines) is 1. The molecule has 0 aromatic rings. The predicted octanol–water partition coefficient (Wildman–Crippen LogP) is 9.45. The first-order chi connectivity index (χ1) is 16.8. The molecule has 3 rings (SSSR count). The quantitative estimate of drug-likeness (QED) is 0.339. The molecule has 0 spiro atoms. The van der Waals surface area contributed by atoms with Gasteiger partial charge in [0.05, 0.1) is 6.54 Å². The van der Waals surface area contributed by atoms with Gasteiger partial charge in [-0.15, -0.1) is 0 Å². The zero-order chi connectivity index (χ0) is 27.8. The Bertz CT molecular complexity index is 957. The zero-order valence-corrected chi connectivity index (χ0v) is 26.5. The van der Waals surface area contributed by atoms with E-state index in [0.29, 0.717) is 17.9 Å². The van der Waals surface area contributed by atoms with Gasteiger partial charge in [0.1, 0.15) is 0 Å². The van der Waals surface area contributed by atoms with Crippen molar-refractivity contribution in [3.63, 3.8) is 0 Å². The van der Waals surface area contributed by atoms with Crippen LogP contribution in [-0.4, -0.2) is 36.8 Å². The maximum absolute atomic E-state index is 5.10. The van der Waals surface area contributed by atoms with E-state index in [-0.39, 0.29) is 21.7 Å². The maximum atomic E-state index is 5.10. The molecule has 0 saturated carbocycles. The van der Waals surface area contributed by atoms with Crippen molar-refractivity contribution in [2.24, 2.45) is 38.5 Å². The molecule has 2 aliphatic carbocycles. The molecule has 208 valence electrons. The number of allylic oxidation sites excluding steroid dienone is 7. The van der Waals surface area contributed by atoms with Crippen molar-refractivity contribution < 1.29 is 0 Å². The van der Waals surface area contributed by atoms with Crippen LogP contribution in [0.2, 0.25) is 0 Å². The first-order valence-corrected chi connectivity index (χ1v) is 14.9. The van der Waals surface area contributed by atoms with Crippen molar-refractivity contribution in [1.82, 2.24) is 4.90 Å². The Labute approximate surface area is 230 Å². The van der Waals surface area contributed by atoms with Gasteiger partial charge in [-0.05, 0) is 71.0 Å². The Morgan fingerprint density at radius 1 is 0.757 bits per heavy atom. The molecule has 0 radical (unpaired) electrons. The summed E-state index contributed by atoms with van der Waals surface area (Å²) >= 11 is 0. The molecule has 0 bridgehead atoms. The second kappa shape index (κ2) is 11.0. The SMILES string of the molecule is CC(C)(C)C1=CC(C=NCC2CCCN2CC2C=C(C(C)(C)C)C=C(C(C)(C)C)C2)CC(C(C)(C)C)=C1. The van der Waals surface area contributed by atoms with Crippen LogP contribution in [0, 0.1) is 33.5 Å². The molecule has 1 fully saturated rings. The van der Waals surface area contributed by atoms with E-state index in [2.05, 4.69) is 119 Å². The van der Waals surface area contributed by atoms with Gasteiger partial charge in [-0.1, -0.05) is 119 Å². The fraction of sp³-hybridized carbons (Fsp3) is 0.743. The summed E-state index contributed by atoms with van der Waals surface area (Å²) in [7, 11) is 0. The largest absolute Gasteiger partial charge is 0.298 e. The fourth-order valence-electron chi connectivity index (χ4n) is 5.88. The first-order valence-electron chi connectivity index (χ1n) is 14.9. The summed E-state index contributed by atoms with van der Waals surface area (Å²) in [5.41, 5.74) is 6.96. The Hall–Kier alpha value is -1.41. The van der Waals surface area contributed by atoms with Crippen LogP contribution in [0.4, 0.5) is 0 Å². The van der Waals surface area contributed by atoms with Crippen LogP contribution in [0.25, 0.3) is 0 Å². The normalized spacial score (nSPS) is 26.8. The highest BCUT2D eigenvalue weighted by atomic mass is 15.2. The van der Waals surface area contributed by atoms with Gasteiger partial charge in [-0.3, -0.25) is 9.89 Å². The van der Waals surface area contributed by atoms with Gasteiger partial charge in [0.25, 0.3) is 0 Å². The third-order valence-electron chi connectivity index (χ3n) is 8.65. The van der Waals surface area contributed by atoms with E-state index in [9.17, 15) is 0 Å². The van der Waals surface area contributed by atoms with Crippen LogP contribution in [0.5, 0.6) is 0 Å². The van der Waals surface area contributed by atoms with Crippen LogP contribution in [-0.2, 0) is 0 Å². The van der Waals surface area contributed by atoms with Gasteiger partial charge in [0, 0.05) is 24.7 Å². The lowest BCUT2D eigenvalue weighted by atomic mass is 9.72. The second-order valence-corrected chi connectivity index (χ2v) is 16.2. The molecule has 3 unspecified atom stereocenters. The fourth-order valence-corrected chi connectivity index (χ4v) is 5.88. The van der Waals surface area contributed by atoms with E-state index in [4.69, 9.17) is 4.99 Å². The van der Waals surface area contributed by atoms with Crippen LogP contribution >= 0.6 is 0 Å². The topological polar surface area (TPSA) is 15.6 Å². The number of hydrogen-bond acceptors (Lipinski definition) is 2. The molecule has 2 heteroatoms. The predicted molar refractivity (Wildman–Crippen MR) is 164 cm³/mol. The van der Waals surface area contributed by atoms with Crippen molar-refractivity contribution in [1.29, 1.82) is 0 Å². The minimum Gasteiger partial charge on any atom is -0.298 e. The van der Waals surface area contributed by atoms with Crippen LogP contribution in [0.15, 0.2) is 51.6 Å². The summed E-state index contributed by atoms with van der Waals surface area (Å²) in [6.45, 7) is 31.6. The van der Waals surface area contributed by atoms with Gasteiger partial charge in [-0.25, -0.2) is 0 Å². The van der Waals surface area contributed by atoms with E-state index in [1.54, 1.807) is 11.1 Å². The van der Waals surface area contributed by atoms with E-state index in [1.807, 2.05) is 0 Å². The van der Waals surface area contributed by atoms with Gasteiger partial charge in [0.2, 0.25) is 0 Å². The van der Waals surface area contributed by atoms with Crippen molar-refractivity contribution >= 4 is 6.21 Å². The van der Waals surface area contributed by atoms with Crippen molar-refractivity contribution in [3.8, 4) is 0 Å². The van der Waals surface area contributed by atoms with E-state index >= 15 is 0 Å². The number of nitrogens with zero attached hydrogens (tertiary/aromatic N) is 2. The minimum absolute atomic E-state index is 0.172. The number of rotatable bonds is 5. The lowest BCUT2D eigenvalue weighted by Crippen LogP contribution is -2.37. The van der Waals surface area contributed by atoms with Crippen LogP contribution in [0.3, 0.4) is 0 Å². The van der Waals surface area contributed by atoms with Crippen molar-refractivity contribution in [2.75, 3.05) is 19.6 Å². The van der Waals surface area contributed by atoms with Crippen LogP contribution < -0.4 is 0 Å². The average Bonchev–Trinajstić information content (AvgIpc) is 3.17. The highest BCUT2D eigenvalue weighted by Gasteiger charge is 2.32. The summed E-state index contributed by atoms with van der Waals surface area (Å²) in [4.78, 5) is 7.85. The second-order valence-electron chi connectivity index (χ2n) is 16.2. The van der Waals surface area contributed by atoms with Gasteiger partial charge >= 0.3 is 0 Å². The maximum Gasteiger partial charge on any atom is 0.0541 e. The lowest BCUT2D eigenvalue weighted by Gasteiger charge is -2.36. The highest BCUT2D eigenvalue weighted by Crippen LogP contribution is 2.42. The Kier molecular flexibility index (Phi) is 8.95. The summed E-state index contributed by atoms with van der Waals surface area (Å²) in [6, 6.07) is 0.582. The molecule has 1 heterocycles. The molecule has 1 saturated heterocycles. The average molecular weight is 507 g/mol. The van der Waals surface area contributed by atoms with Gasteiger partial charge < -0.3 is 0 Å².